The van der Waals surface area contributed by atoms with Crippen molar-refractivity contribution in [3.63, 3.8) is 0 Å². The molecule has 0 radical (unpaired) electrons. The summed E-state index contributed by atoms with van der Waals surface area (Å²) in [6, 6.07) is 11.4. The van der Waals surface area contributed by atoms with Crippen LogP contribution in [0.2, 0.25) is 0 Å². The molecule has 2 aromatic carbocycles. The van der Waals surface area contributed by atoms with E-state index in [9.17, 15) is 18.0 Å². The molecule has 0 spiro atoms. The minimum absolute atomic E-state index is 0.205. The van der Waals surface area contributed by atoms with Gasteiger partial charge in [-0.15, -0.1) is 0 Å². The van der Waals surface area contributed by atoms with Crippen LogP contribution >= 0.6 is 0 Å². The minimum Gasteiger partial charge on any atom is -0.496 e. The Morgan fingerprint density at radius 2 is 1.84 bits per heavy atom. The van der Waals surface area contributed by atoms with Crippen molar-refractivity contribution in [3.8, 4) is 5.75 Å². The number of carbonyl (C=O) groups excluding carboxylic acids is 2. The fourth-order valence-electron chi connectivity index (χ4n) is 4.41. The van der Waals surface area contributed by atoms with Gasteiger partial charge in [-0.1, -0.05) is 18.2 Å². The van der Waals surface area contributed by atoms with Crippen LogP contribution in [0.25, 0.3) is 0 Å². The van der Waals surface area contributed by atoms with Gasteiger partial charge in [-0.3, -0.25) is 14.5 Å². The lowest BCUT2D eigenvalue weighted by Crippen LogP contribution is -2.47. The van der Waals surface area contributed by atoms with E-state index in [-0.39, 0.29) is 29.7 Å². The number of hydrogen-bond acceptors (Lipinski definition) is 5. The lowest BCUT2D eigenvalue weighted by atomic mass is 10.1. The zero-order valence-corrected chi connectivity index (χ0v) is 19.0. The van der Waals surface area contributed by atoms with E-state index in [1.165, 1.54) is 22.2 Å². The zero-order chi connectivity index (χ0) is 22.9. The highest BCUT2D eigenvalue weighted by Crippen LogP contribution is 2.35. The van der Waals surface area contributed by atoms with Crippen LogP contribution in [0.1, 0.15) is 30.9 Å². The normalized spacial score (nSPS) is 18.4. The topological polar surface area (TPSA) is 96.0 Å². The number of methoxy groups -OCH3 is 1. The first-order valence-electron chi connectivity index (χ1n) is 10.7. The number of para-hydroxylation sites is 1. The van der Waals surface area contributed by atoms with Crippen molar-refractivity contribution in [2.75, 3.05) is 25.1 Å². The highest BCUT2D eigenvalue weighted by atomic mass is 32.2. The van der Waals surface area contributed by atoms with Crippen molar-refractivity contribution in [1.82, 2.24) is 9.62 Å². The molecule has 8 nitrogen and oxygen atoms in total. The molecule has 2 aliphatic rings. The monoisotopic (exact) mass is 457 g/mol. The van der Waals surface area contributed by atoms with Gasteiger partial charge in [0.2, 0.25) is 21.8 Å². The van der Waals surface area contributed by atoms with Gasteiger partial charge < -0.3 is 10.1 Å². The van der Waals surface area contributed by atoms with Crippen molar-refractivity contribution >= 4 is 27.5 Å². The van der Waals surface area contributed by atoms with E-state index in [1.807, 2.05) is 24.3 Å². The first-order chi connectivity index (χ1) is 15.3. The number of benzene rings is 2. The van der Waals surface area contributed by atoms with Crippen molar-refractivity contribution < 1.29 is 22.7 Å². The molecule has 0 saturated carbocycles. The van der Waals surface area contributed by atoms with Crippen LogP contribution in [0.3, 0.4) is 0 Å². The Bertz CT molecular complexity index is 1140. The minimum atomic E-state index is -3.57. The summed E-state index contributed by atoms with van der Waals surface area (Å²) in [6.45, 7) is 2.71. The van der Waals surface area contributed by atoms with Crippen molar-refractivity contribution in [3.05, 3.63) is 53.6 Å². The molecule has 1 atom stereocenters. The summed E-state index contributed by atoms with van der Waals surface area (Å²) in [4.78, 5) is 27.1. The van der Waals surface area contributed by atoms with Gasteiger partial charge in [0.1, 0.15) is 11.8 Å². The van der Waals surface area contributed by atoms with Crippen LogP contribution < -0.4 is 15.0 Å². The highest BCUT2D eigenvalue weighted by Gasteiger charge is 2.38. The summed E-state index contributed by atoms with van der Waals surface area (Å²) >= 11 is 0. The number of fused-ring (bicyclic) bond motifs is 1. The maximum Gasteiger partial charge on any atom is 0.243 e. The molecular formula is C23H27N3O5S. The molecule has 0 aromatic heterocycles. The SMILES string of the molecule is COc1ccccc1CNC(=O)[C@@H]1Cc2cc(S(=O)(=O)N3CCCC3)ccc2N1C(C)=O. The van der Waals surface area contributed by atoms with Crippen LogP contribution in [-0.4, -0.2) is 50.8 Å². The van der Waals surface area contributed by atoms with Gasteiger partial charge in [0, 0.05) is 44.2 Å². The third kappa shape index (κ3) is 4.10. The second kappa shape index (κ2) is 8.91. The summed E-state index contributed by atoms with van der Waals surface area (Å²) in [5.41, 5.74) is 2.08. The number of anilines is 1. The molecule has 2 amide bonds. The Morgan fingerprint density at radius 1 is 1.12 bits per heavy atom. The molecule has 0 unspecified atom stereocenters. The Morgan fingerprint density at radius 3 is 2.53 bits per heavy atom. The number of ether oxygens (including phenoxy) is 1. The fraction of sp³-hybridized carbons (Fsp3) is 0.391. The van der Waals surface area contributed by atoms with Gasteiger partial charge >= 0.3 is 0 Å². The standard InChI is InChI=1S/C23H27N3O5S/c1-16(27)26-20-10-9-19(32(29,30)25-11-5-6-12-25)13-18(20)14-21(26)23(28)24-15-17-7-3-4-8-22(17)31-2/h3-4,7-10,13,21H,5-6,11-12,14-15H2,1-2H3,(H,24,28)/t21-/m0/s1. The molecule has 0 bridgehead atoms. The average Bonchev–Trinajstić information content (AvgIpc) is 3.45. The molecule has 170 valence electrons. The third-order valence-corrected chi connectivity index (χ3v) is 7.92. The number of carbonyl (C=O) groups is 2. The molecule has 2 aromatic rings. The summed E-state index contributed by atoms with van der Waals surface area (Å²) < 4.78 is 32.7. The van der Waals surface area contributed by atoms with E-state index >= 15 is 0 Å². The maximum atomic E-state index is 13.0. The predicted molar refractivity (Wildman–Crippen MR) is 120 cm³/mol. The lowest BCUT2D eigenvalue weighted by Gasteiger charge is -2.23. The first-order valence-corrected chi connectivity index (χ1v) is 12.1. The smallest absolute Gasteiger partial charge is 0.243 e. The highest BCUT2D eigenvalue weighted by molar-refractivity contribution is 7.89. The quantitative estimate of drug-likeness (QED) is 0.717. The zero-order valence-electron chi connectivity index (χ0n) is 18.2. The summed E-state index contributed by atoms with van der Waals surface area (Å²) in [5.74, 6) is 0.102. The van der Waals surface area contributed by atoms with E-state index in [0.29, 0.717) is 30.1 Å². The average molecular weight is 458 g/mol. The molecule has 9 heteroatoms. The Labute approximate surface area is 188 Å². The molecule has 1 saturated heterocycles. The molecule has 32 heavy (non-hydrogen) atoms. The van der Waals surface area contributed by atoms with Gasteiger partial charge in [-0.25, -0.2) is 8.42 Å². The molecule has 1 fully saturated rings. The Kier molecular flexibility index (Phi) is 6.21. The number of amides is 2. The number of nitrogens with one attached hydrogen (secondary N) is 1. The van der Waals surface area contributed by atoms with Crippen LogP contribution in [0.5, 0.6) is 5.75 Å². The number of hydrogen-bond donors (Lipinski definition) is 1. The summed E-state index contributed by atoms with van der Waals surface area (Å²) in [7, 11) is -2.01. The van der Waals surface area contributed by atoms with E-state index in [1.54, 1.807) is 19.2 Å². The van der Waals surface area contributed by atoms with E-state index in [2.05, 4.69) is 5.32 Å². The number of sulfonamides is 1. The number of rotatable bonds is 6. The molecule has 4 rings (SSSR count). The lowest BCUT2D eigenvalue weighted by molar-refractivity contribution is -0.125. The Hall–Kier alpha value is -2.91. The molecule has 2 heterocycles. The molecular weight excluding hydrogens is 430 g/mol. The van der Waals surface area contributed by atoms with E-state index < -0.39 is 16.1 Å². The number of nitrogens with zero attached hydrogens (tertiary/aromatic N) is 2. The van der Waals surface area contributed by atoms with Gasteiger partial charge in [-0.05, 0) is 42.7 Å². The van der Waals surface area contributed by atoms with Gasteiger partial charge in [-0.2, -0.15) is 4.31 Å². The van der Waals surface area contributed by atoms with Crippen molar-refractivity contribution in [2.45, 2.75) is 43.7 Å². The van der Waals surface area contributed by atoms with Crippen LogP contribution in [-0.2, 0) is 32.6 Å². The largest absolute Gasteiger partial charge is 0.496 e. The van der Waals surface area contributed by atoms with E-state index in [0.717, 1.165) is 18.4 Å². The van der Waals surface area contributed by atoms with Gasteiger partial charge in [0.05, 0.1) is 12.0 Å². The fourth-order valence-corrected chi connectivity index (χ4v) is 5.98. The third-order valence-electron chi connectivity index (χ3n) is 6.03. The molecule has 0 aliphatic carbocycles. The van der Waals surface area contributed by atoms with Crippen LogP contribution in [0, 0.1) is 0 Å². The van der Waals surface area contributed by atoms with Crippen LogP contribution in [0.4, 0.5) is 5.69 Å². The van der Waals surface area contributed by atoms with Crippen molar-refractivity contribution in [1.29, 1.82) is 0 Å². The van der Waals surface area contributed by atoms with Gasteiger partial charge in [0.15, 0.2) is 0 Å². The predicted octanol–water partition coefficient (Wildman–Crippen LogP) is 2.07. The van der Waals surface area contributed by atoms with E-state index in [4.69, 9.17) is 4.74 Å². The Balaban J connectivity index is 1.55. The molecule has 1 N–H and O–H groups in total. The second-order valence-electron chi connectivity index (χ2n) is 8.04. The van der Waals surface area contributed by atoms with Gasteiger partial charge in [0.25, 0.3) is 0 Å². The summed E-state index contributed by atoms with van der Waals surface area (Å²) in [5, 5.41) is 2.89. The first kappa shape index (κ1) is 22.3. The van der Waals surface area contributed by atoms with Crippen LogP contribution in [0.15, 0.2) is 47.4 Å². The summed E-state index contributed by atoms with van der Waals surface area (Å²) in [6.07, 6.45) is 1.98. The van der Waals surface area contributed by atoms with Crippen molar-refractivity contribution in [2.24, 2.45) is 0 Å². The maximum absolute atomic E-state index is 13.0. The second-order valence-corrected chi connectivity index (χ2v) is 9.98. The molecule has 2 aliphatic heterocycles.